The lowest BCUT2D eigenvalue weighted by Crippen LogP contribution is -2.49. The minimum absolute atomic E-state index is 0.106. The van der Waals surface area contributed by atoms with Crippen molar-refractivity contribution in [2.45, 2.75) is 32.6 Å². The lowest BCUT2D eigenvalue weighted by molar-refractivity contribution is -0.131. The monoisotopic (exact) mass is 804 g/mol. The molecule has 0 radical (unpaired) electrons. The standard InChI is InChI=1S/C42H38BClN4O8S/c1-21-29-18-24(44)9-14-33(29)57-37(21)32-20-34(46(3)45-32)48-39(51)31-19-30-27(36(42(31,2)41(48)53)22-7-10-26(11-8-22)56-16-15-49)12-13-28-35(30)40(52)47(38(28)50)25-6-4-5-23(17-25)43(54)55/h4-12,14,17-18,20,28,30-31,35-36,49,54-55H,13,15-16,19H2,1-3H3/t28-,30+,31-,35-,36-,42+/m0/s1. The van der Waals surface area contributed by atoms with Crippen molar-refractivity contribution < 1.29 is 39.1 Å². The number of carbonyl (C=O) groups excluding carboxylic acids is 4. The summed E-state index contributed by atoms with van der Waals surface area (Å²) in [5.74, 6) is -4.27. The third-order valence-electron chi connectivity index (χ3n) is 12.5. The number of allylic oxidation sites excluding steroid dienone is 2. The van der Waals surface area contributed by atoms with Crippen LogP contribution in [0.25, 0.3) is 20.7 Å². The van der Waals surface area contributed by atoms with Crippen molar-refractivity contribution in [2.24, 2.45) is 36.1 Å². The van der Waals surface area contributed by atoms with Gasteiger partial charge in [-0.05, 0) is 97.0 Å². The summed E-state index contributed by atoms with van der Waals surface area (Å²) >= 11 is 7.88. The van der Waals surface area contributed by atoms with Crippen LogP contribution in [0.3, 0.4) is 0 Å². The van der Waals surface area contributed by atoms with Gasteiger partial charge in [0.1, 0.15) is 23.9 Å². The van der Waals surface area contributed by atoms with E-state index in [0.717, 1.165) is 36.6 Å². The average Bonchev–Trinajstić information content (AvgIpc) is 3.87. The first-order chi connectivity index (χ1) is 27.3. The Balaban J connectivity index is 1.13. The second-order valence-electron chi connectivity index (χ2n) is 15.5. The Hall–Kier alpha value is -5.12. The molecule has 5 aromatic rings. The third-order valence-corrected chi connectivity index (χ3v) is 14.0. The summed E-state index contributed by atoms with van der Waals surface area (Å²) in [4.78, 5) is 61.9. The molecule has 290 valence electrons. The summed E-state index contributed by atoms with van der Waals surface area (Å²) < 4.78 is 8.24. The Morgan fingerprint density at radius 2 is 1.74 bits per heavy atom. The van der Waals surface area contributed by atoms with Crippen LogP contribution in [-0.2, 0) is 26.2 Å². The Bertz CT molecular complexity index is 2550. The van der Waals surface area contributed by atoms with Crippen LogP contribution in [0.4, 0.5) is 11.5 Å². The fourth-order valence-electron chi connectivity index (χ4n) is 9.83. The summed E-state index contributed by atoms with van der Waals surface area (Å²) in [5.41, 5.74) is 2.29. The fourth-order valence-corrected chi connectivity index (χ4v) is 11.1. The molecule has 4 heterocycles. The fraction of sp³-hybridized carbons (Fsp3) is 0.310. The highest BCUT2D eigenvalue weighted by molar-refractivity contribution is 7.22. The van der Waals surface area contributed by atoms with Gasteiger partial charge < -0.3 is 19.9 Å². The number of imide groups is 2. The number of aliphatic hydroxyl groups excluding tert-OH is 1. The van der Waals surface area contributed by atoms with Crippen molar-refractivity contribution in [1.29, 1.82) is 0 Å². The molecule has 2 saturated heterocycles. The zero-order chi connectivity index (χ0) is 40.1. The number of aromatic nitrogens is 2. The van der Waals surface area contributed by atoms with Gasteiger partial charge >= 0.3 is 7.12 Å². The molecule has 2 aliphatic carbocycles. The second-order valence-corrected chi connectivity index (χ2v) is 17.0. The van der Waals surface area contributed by atoms with Crippen molar-refractivity contribution in [3.63, 3.8) is 0 Å². The molecule has 2 aromatic heterocycles. The Labute approximate surface area is 337 Å². The minimum Gasteiger partial charge on any atom is -0.491 e. The molecule has 0 unspecified atom stereocenters. The Morgan fingerprint density at radius 1 is 0.965 bits per heavy atom. The van der Waals surface area contributed by atoms with E-state index in [1.165, 1.54) is 17.0 Å². The van der Waals surface area contributed by atoms with Crippen LogP contribution in [0.1, 0.15) is 36.8 Å². The van der Waals surface area contributed by atoms with E-state index in [-0.39, 0.29) is 43.1 Å². The van der Waals surface area contributed by atoms with Gasteiger partial charge in [-0.2, -0.15) is 5.10 Å². The molecule has 2 aliphatic heterocycles. The number of halogens is 1. The number of amides is 4. The second kappa shape index (κ2) is 13.8. The summed E-state index contributed by atoms with van der Waals surface area (Å²) in [6, 6.07) is 20.8. The van der Waals surface area contributed by atoms with E-state index in [0.29, 0.717) is 22.3 Å². The number of nitrogens with zero attached hydrogens (tertiary/aromatic N) is 4. The lowest BCUT2D eigenvalue weighted by Gasteiger charge is -2.49. The SMILES string of the molecule is Cc1c(-c2cc(N3C(=O)[C@@H]4C[C@@H]5C(=CC[C@@H]6C(=O)N(c7cccc(B(O)O)c7)C(=O)[C@@H]65)[C@H](c5ccc(OCCO)cc5)[C@]4(C)C3=O)n(C)n2)sc2ccc(Cl)cc12. The number of aliphatic hydroxyl groups is 1. The zero-order valence-electron chi connectivity index (χ0n) is 31.3. The van der Waals surface area contributed by atoms with Gasteiger partial charge in [-0.25, -0.2) is 4.90 Å². The topological polar surface area (TPSA) is 162 Å². The number of benzene rings is 3. The average molecular weight is 805 g/mol. The van der Waals surface area contributed by atoms with Crippen LogP contribution < -0.4 is 20.0 Å². The van der Waals surface area contributed by atoms with Gasteiger partial charge in [0.2, 0.25) is 23.6 Å². The highest BCUT2D eigenvalue weighted by Gasteiger charge is 2.68. The van der Waals surface area contributed by atoms with E-state index in [1.807, 2.05) is 50.3 Å². The van der Waals surface area contributed by atoms with Crippen LogP contribution in [0.15, 0.2) is 84.4 Å². The van der Waals surface area contributed by atoms with Crippen molar-refractivity contribution in [1.82, 2.24) is 9.78 Å². The van der Waals surface area contributed by atoms with E-state index < -0.39 is 59.8 Å². The highest BCUT2D eigenvalue weighted by atomic mass is 35.5. The number of hydrogen-bond donors (Lipinski definition) is 3. The molecule has 4 aliphatic rings. The summed E-state index contributed by atoms with van der Waals surface area (Å²) in [7, 11) is -0.0797. The number of fused-ring (bicyclic) bond motifs is 5. The van der Waals surface area contributed by atoms with Gasteiger partial charge in [0.15, 0.2) is 0 Å². The molecule has 4 amide bonds. The van der Waals surface area contributed by atoms with Gasteiger partial charge in [-0.15, -0.1) is 11.3 Å². The number of anilines is 2. The van der Waals surface area contributed by atoms with Crippen molar-refractivity contribution in [3.05, 3.63) is 101 Å². The lowest BCUT2D eigenvalue weighted by atomic mass is 9.51. The van der Waals surface area contributed by atoms with E-state index in [1.54, 1.807) is 53.4 Å². The largest absolute Gasteiger partial charge is 0.491 e. The minimum atomic E-state index is -1.79. The number of aryl methyl sites for hydroxylation is 2. The van der Waals surface area contributed by atoms with Crippen LogP contribution in [-0.4, -0.2) is 68.9 Å². The molecule has 9 rings (SSSR count). The summed E-state index contributed by atoms with van der Waals surface area (Å²) in [6.45, 7) is 3.78. The normalized spacial score (nSPS) is 25.5. The Kier molecular flexibility index (Phi) is 9.05. The predicted molar refractivity (Wildman–Crippen MR) is 216 cm³/mol. The molecule has 0 spiro atoms. The first kappa shape index (κ1) is 37.5. The number of ether oxygens (including phenoxy) is 1. The van der Waals surface area contributed by atoms with Crippen LogP contribution in [0.2, 0.25) is 5.02 Å². The van der Waals surface area contributed by atoms with E-state index in [2.05, 4.69) is 0 Å². The quantitative estimate of drug-likeness (QED) is 0.114. The van der Waals surface area contributed by atoms with Crippen molar-refractivity contribution >= 4 is 80.7 Å². The van der Waals surface area contributed by atoms with Crippen molar-refractivity contribution in [2.75, 3.05) is 23.0 Å². The van der Waals surface area contributed by atoms with Gasteiger partial charge in [-0.1, -0.05) is 47.5 Å². The van der Waals surface area contributed by atoms with Gasteiger partial charge in [0, 0.05) is 28.8 Å². The maximum Gasteiger partial charge on any atom is 0.488 e. The molecule has 1 saturated carbocycles. The highest BCUT2D eigenvalue weighted by Crippen LogP contribution is 2.64. The smallest absolute Gasteiger partial charge is 0.488 e. The van der Waals surface area contributed by atoms with E-state index in [4.69, 9.17) is 21.4 Å². The third kappa shape index (κ3) is 5.64. The molecule has 3 aromatic carbocycles. The number of hydrogen-bond acceptors (Lipinski definition) is 10. The van der Waals surface area contributed by atoms with Crippen molar-refractivity contribution in [3.8, 4) is 16.3 Å². The molecular formula is C42H38BClN4O8S. The van der Waals surface area contributed by atoms with E-state index >= 15 is 4.79 Å². The molecule has 0 bridgehead atoms. The molecule has 3 fully saturated rings. The molecular weight excluding hydrogens is 767 g/mol. The zero-order valence-corrected chi connectivity index (χ0v) is 32.8. The maximum absolute atomic E-state index is 15.2. The van der Waals surface area contributed by atoms with E-state index in [9.17, 15) is 29.5 Å². The molecule has 3 N–H and O–H groups in total. The van der Waals surface area contributed by atoms with Crippen LogP contribution in [0.5, 0.6) is 5.75 Å². The number of carbonyl (C=O) groups is 4. The molecule has 12 nitrogen and oxygen atoms in total. The van der Waals surface area contributed by atoms with Crippen LogP contribution >= 0.6 is 22.9 Å². The molecule has 15 heteroatoms. The van der Waals surface area contributed by atoms with Gasteiger partial charge in [-0.3, -0.25) is 28.8 Å². The summed E-state index contributed by atoms with van der Waals surface area (Å²) in [5, 5.41) is 35.4. The summed E-state index contributed by atoms with van der Waals surface area (Å²) in [6.07, 6.45) is 2.41. The first-order valence-corrected chi connectivity index (χ1v) is 20.0. The molecule has 6 atom stereocenters. The first-order valence-electron chi connectivity index (χ1n) is 18.8. The Morgan fingerprint density at radius 3 is 2.47 bits per heavy atom. The maximum atomic E-state index is 15.2. The molecule has 57 heavy (non-hydrogen) atoms. The number of rotatable bonds is 8. The van der Waals surface area contributed by atoms with Gasteiger partial charge in [0.05, 0.1) is 40.3 Å². The number of thiophene rings is 1. The van der Waals surface area contributed by atoms with Crippen LogP contribution in [0, 0.1) is 36.0 Å². The predicted octanol–water partition coefficient (Wildman–Crippen LogP) is 4.75. The van der Waals surface area contributed by atoms with Gasteiger partial charge in [0.25, 0.3) is 0 Å².